The Morgan fingerprint density at radius 2 is 0.889 bits per heavy atom. The van der Waals surface area contributed by atoms with Gasteiger partial charge in [0.25, 0.3) is 0 Å². The van der Waals surface area contributed by atoms with Crippen molar-refractivity contribution in [3.63, 3.8) is 0 Å². The third kappa shape index (κ3) is 6.14. The van der Waals surface area contributed by atoms with Gasteiger partial charge in [-0.2, -0.15) is 0 Å². The van der Waals surface area contributed by atoms with Gasteiger partial charge in [0.2, 0.25) is 0 Å². The third-order valence-corrected chi connectivity index (χ3v) is 4.06. The monoisotopic (exact) mass is 258 g/mol. The molecule has 0 saturated heterocycles. The van der Waals surface area contributed by atoms with Gasteiger partial charge in [-0.3, -0.25) is 0 Å². The molecule has 4 nitrogen and oxygen atoms in total. The highest BCUT2D eigenvalue weighted by Crippen LogP contribution is 2.16. The first-order chi connectivity index (χ1) is 8.61. The molecule has 2 saturated carbocycles. The van der Waals surface area contributed by atoms with Gasteiger partial charge in [0.1, 0.15) is 0 Å². The first-order valence-electron chi connectivity index (χ1n) is 7.48. The molecule has 0 unspecified atom stereocenters. The maximum atomic E-state index is 9.23. The van der Waals surface area contributed by atoms with Crippen molar-refractivity contribution in [1.29, 1.82) is 0 Å². The van der Waals surface area contributed by atoms with Crippen LogP contribution in [0.1, 0.15) is 64.2 Å². The van der Waals surface area contributed by atoms with Crippen LogP contribution in [0.25, 0.3) is 0 Å². The molecule has 2 fully saturated rings. The maximum Gasteiger partial charge on any atom is 0.0691 e. The van der Waals surface area contributed by atoms with Crippen LogP contribution in [-0.2, 0) is 0 Å². The molecule has 18 heavy (non-hydrogen) atoms. The van der Waals surface area contributed by atoms with Crippen LogP contribution in [0.5, 0.6) is 0 Å². The minimum absolute atomic E-state index is 0.0486. The summed E-state index contributed by atoms with van der Waals surface area (Å²) >= 11 is 0. The lowest BCUT2D eigenvalue weighted by molar-refractivity contribution is 0.137. The quantitative estimate of drug-likeness (QED) is 0.492. The van der Waals surface area contributed by atoms with E-state index in [0.29, 0.717) is 0 Å². The van der Waals surface area contributed by atoms with Crippen molar-refractivity contribution < 1.29 is 10.2 Å². The predicted molar refractivity (Wildman–Crippen MR) is 74.1 cm³/mol. The van der Waals surface area contributed by atoms with Crippen LogP contribution in [0.4, 0.5) is 0 Å². The average molecular weight is 258 g/mol. The number of nitrogens with two attached hydrogens (primary N) is 2. The Bertz CT molecular complexity index is 172. The van der Waals surface area contributed by atoms with Crippen LogP contribution in [-0.4, -0.2) is 34.5 Å². The fourth-order valence-electron chi connectivity index (χ4n) is 2.63. The molecular formula is C14H30N2O2. The van der Waals surface area contributed by atoms with E-state index >= 15 is 0 Å². The van der Waals surface area contributed by atoms with E-state index in [1.807, 2.05) is 0 Å². The van der Waals surface area contributed by atoms with Gasteiger partial charge >= 0.3 is 0 Å². The normalized spacial score (nSPS) is 38.0. The summed E-state index contributed by atoms with van der Waals surface area (Å²) in [5, 5.41) is 18.5. The lowest BCUT2D eigenvalue weighted by Crippen LogP contribution is -2.33. The molecule has 0 aromatic heterocycles. The minimum Gasteiger partial charge on any atom is -0.392 e. The first-order valence-corrected chi connectivity index (χ1v) is 7.48. The molecule has 4 heteroatoms. The van der Waals surface area contributed by atoms with Gasteiger partial charge in [-0.05, 0) is 25.7 Å². The zero-order chi connectivity index (χ0) is 13.4. The molecule has 0 aliphatic heterocycles. The van der Waals surface area contributed by atoms with Gasteiger partial charge in [-0.15, -0.1) is 0 Å². The largest absolute Gasteiger partial charge is 0.392 e. The van der Waals surface area contributed by atoms with E-state index in [9.17, 15) is 10.2 Å². The summed E-state index contributed by atoms with van der Waals surface area (Å²) < 4.78 is 0. The number of aliphatic hydroxyl groups excluding tert-OH is 2. The van der Waals surface area contributed by atoms with Crippen LogP contribution in [0.2, 0.25) is 0 Å². The van der Waals surface area contributed by atoms with E-state index in [0.717, 1.165) is 38.5 Å². The molecule has 6 N–H and O–H groups in total. The summed E-state index contributed by atoms with van der Waals surface area (Å²) in [7, 11) is 0. The lowest BCUT2D eigenvalue weighted by Gasteiger charge is -2.13. The summed E-state index contributed by atoms with van der Waals surface area (Å²) in [6.45, 7) is 0. The minimum atomic E-state index is -0.229. The maximum absolute atomic E-state index is 9.23. The van der Waals surface area contributed by atoms with Crippen molar-refractivity contribution in [3.8, 4) is 0 Å². The van der Waals surface area contributed by atoms with Crippen molar-refractivity contribution in [2.45, 2.75) is 88.5 Å². The average Bonchev–Trinajstić information content (AvgIpc) is 2.65. The highest BCUT2D eigenvalue weighted by Gasteiger charge is 2.17. The summed E-state index contributed by atoms with van der Waals surface area (Å²) in [6.07, 6.45) is 10.5. The van der Waals surface area contributed by atoms with E-state index in [1.165, 1.54) is 25.7 Å². The Hall–Kier alpha value is -0.160. The summed E-state index contributed by atoms with van der Waals surface area (Å²) in [4.78, 5) is 0. The number of rotatable bonds is 0. The van der Waals surface area contributed by atoms with Gasteiger partial charge in [0, 0.05) is 12.1 Å². The standard InChI is InChI=1S/2C7H15NO/c2*8-6-4-2-1-3-5-7(6)9/h2*6-7,9H,1-5,8H2/t2*6-,7-/m10/s1. The van der Waals surface area contributed by atoms with Gasteiger partial charge in [0.15, 0.2) is 0 Å². The molecule has 0 aromatic carbocycles. The van der Waals surface area contributed by atoms with Crippen molar-refractivity contribution >= 4 is 0 Å². The second-order valence-corrected chi connectivity index (χ2v) is 5.74. The molecule has 2 aliphatic rings. The summed E-state index contributed by atoms with van der Waals surface area (Å²) in [6, 6.07) is 0.0972. The topological polar surface area (TPSA) is 92.5 Å². The molecule has 0 bridgehead atoms. The molecule has 0 heterocycles. The highest BCUT2D eigenvalue weighted by molar-refractivity contribution is 4.75. The van der Waals surface area contributed by atoms with E-state index in [2.05, 4.69) is 0 Å². The number of hydrogen-bond acceptors (Lipinski definition) is 4. The molecule has 4 atom stereocenters. The Morgan fingerprint density at radius 3 is 1.28 bits per heavy atom. The molecule has 0 aromatic rings. The Labute approximate surface area is 111 Å². The van der Waals surface area contributed by atoms with Crippen molar-refractivity contribution in [2.24, 2.45) is 11.5 Å². The smallest absolute Gasteiger partial charge is 0.0691 e. The van der Waals surface area contributed by atoms with E-state index in [1.54, 1.807) is 0 Å². The molecule has 0 radical (unpaired) electrons. The number of hydrogen-bond donors (Lipinski definition) is 4. The second-order valence-electron chi connectivity index (χ2n) is 5.74. The van der Waals surface area contributed by atoms with Crippen LogP contribution in [0.3, 0.4) is 0 Å². The Morgan fingerprint density at radius 1 is 0.556 bits per heavy atom. The van der Waals surface area contributed by atoms with Crippen molar-refractivity contribution in [3.05, 3.63) is 0 Å². The molecule has 2 rings (SSSR count). The molecular weight excluding hydrogens is 228 g/mol. The van der Waals surface area contributed by atoms with Crippen molar-refractivity contribution in [1.82, 2.24) is 0 Å². The van der Waals surface area contributed by atoms with Crippen LogP contribution in [0, 0.1) is 0 Å². The van der Waals surface area contributed by atoms with Gasteiger partial charge in [-0.1, -0.05) is 38.5 Å². The third-order valence-electron chi connectivity index (χ3n) is 4.06. The van der Waals surface area contributed by atoms with E-state index in [-0.39, 0.29) is 24.3 Å². The predicted octanol–water partition coefficient (Wildman–Crippen LogP) is 1.28. The van der Waals surface area contributed by atoms with Gasteiger partial charge < -0.3 is 21.7 Å². The second kappa shape index (κ2) is 8.86. The molecule has 2 aliphatic carbocycles. The van der Waals surface area contributed by atoms with Gasteiger partial charge in [-0.25, -0.2) is 0 Å². The van der Waals surface area contributed by atoms with Gasteiger partial charge in [0.05, 0.1) is 12.2 Å². The number of aliphatic hydroxyl groups is 2. The summed E-state index contributed by atoms with van der Waals surface area (Å²) in [5.41, 5.74) is 11.3. The van der Waals surface area contributed by atoms with E-state index < -0.39 is 0 Å². The zero-order valence-electron chi connectivity index (χ0n) is 11.4. The lowest BCUT2D eigenvalue weighted by atomic mass is 10.1. The molecule has 0 amide bonds. The highest BCUT2D eigenvalue weighted by atomic mass is 16.3. The SMILES string of the molecule is N[C@@H]1CCCCC[C@H]1O.N[C@H]1CCCCC[C@@H]1O. The fraction of sp³-hybridized carbons (Fsp3) is 1.00. The van der Waals surface area contributed by atoms with E-state index in [4.69, 9.17) is 11.5 Å². The van der Waals surface area contributed by atoms with Crippen LogP contribution in [0.15, 0.2) is 0 Å². The molecule has 108 valence electrons. The van der Waals surface area contributed by atoms with Crippen LogP contribution < -0.4 is 11.5 Å². The Balaban J connectivity index is 0.000000180. The first kappa shape index (κ1) is 15.9. The molecule has 0 spiro atoms. The van der Waals surface area contributed by atoms with Crippen LogP contribution >= 0.6 is 0 Å². The Kier molecular flexibility index (Phi) is 7.82. The summed E-state index contributed by atoms with van der Waals surface area (Å²) in [5.74, 6) is 0. The fourth-order valence-corrected chi connectivity index (χ4v) is 2.63. The van der Waals surface area contributed by atoms with Crippen molar-refractivity contribution in [2.75, 3.05) is 0 Å². The zero-order valence-corrected chi connectivity index (χ0v) is 11.4.